The van der Waals surface area contributed by atoms with Gasteiger partial charge in [-0.3, -0.25) is 0 Å². The predicted octanol–water partition coefficient (Wildman–Crippen LogP) is 1.63. The number of hydrogen-bond acceptors (Lipinski definition) is 5. The molecule has 0 radical (unpaired) electrons. The molecule has 0 bridgehead atoms. The number of esters is 2. The van der Waals surface area contributed by atoms with E-state index in [2.05, 4.69) is 4.74 Å². The molecule has 1 aromatic rings. The first kappa shape index (κ1) is 13.8. The standard InChI is InChI=1S/C13H15NO4/c1-3-18-12(15)7-5-9-8-10(13(16)17-2)4-6-11(9)14/h4-8H,3,14H2,1-2H3. The maximum Gasteiger partial charge on any atom is 0.337 e. The van der Waals surface area contributed by atoms with E-state index >= 15 is 0 Å². The lowest BCUT2D eigenvalue weighted by atomic mass is 10.1. The maximum absolute atomic E-state index is 11.3. The molecule has 0 atom stereocenters. The molecule has 1 rings (SSSR count). The van der Waals surface area contributed by atoms with Gasteiger partial charge in [0.05, 0.1) is 19.3 Å². The maximum atomic E-state index is 11.3. The molecular weight excluding hydrogens is 234 g/mol. The van der Waals surface area contributed by atoms with E-state index in [0.717, 1.165) is 0 Å². The Morgan fingerprint density at radius 3 is 2.72 bits per heavy atom. The first-order valence-electron chi connectivity index (χ1n) is 5.41. The number of benzene rings is 1. The fourth-order valence-electron chi connectivity index (χ4n) is 1.31. The third kappa shape index (κ3) is 3.62. The summed E-state index contributed by atoms with van der Waals surface area (Å²) in [6.07, 6.45) is 2.76. The Bertz CT molecular complexity index is 480. The van der Waals surface area contributed by atoms with Gasteiger partial charge in [0.2, 0.25) is 0 Å². The fourth-order valence-corrected chi connectivity index (χ4v) is 1.31. The highest BCUT2D eigenvalue weighted by atomic mass is 16.5. The molecule has 2 N–H and O–H groups in total. The second-order valence-corrected chi connectivity index (χ2v) is 3.42. The van der Waals surface area contributed by atoms with E-state index in [4.69, 9.17) is 10.5 Å². The molecule has 96 valence electrons. The zero-order valence-corrected chi connectivity index (χ0v) is 10.3. The molecule has 0 amide bonds. The third-order valence-electron chi connectivity index (χ3n) is 2.19. The summed E-state index contributed by atoms with van der Waals surface area (Å²) in [5.74, 6) is -0.916. The van der Waals surface area contributed by atoms with E-state index in [9.17, 15) is 9.59 Å². The molecule has 0 aliphatic rings. The molecule has 18 heavy (non-hydrogen) atoms. The van der Waals surface area contributed by atoms with Gasteiger partial charge < -0.3 is 15.2 Å². The molecule has 0 saturated carbocycles. The molecule has 0 saturated heterocycles. The Morgan fingerprint density at radius 2 is 2.11 bits per heavy atom. The lowest BCUT2D eigenvalue weighted by Gasteiger charge is -2.04. The topological polar surface area (TPSA) is 78.6 Å². The largest absolute Gasteiger partial charge is 0.465 e. The monoisotopic (exact) mass is 249 g/mol. The normalized spacial score (nSPS) is 10.3. The fraction of sp³-hybridized carbons (Fsp3) is 0.231. The van der Waals surface area contributed by atoms with Gasteiger partial charge in [0.15, 0.2) is 0 Å². The molecule has 1 aromatic carbocycles. The zero-order chi connectivity index (χ0) is 13.5. The van der Waals surface area contributed by atoms with Crippen LogP contribution >= 0.6 is 0 Å². The molecule has 0 aliphatic carbocycles. The summed E-state index contributed by atoms with van der Waals surface area (Å²) in [6.45, 7) is 2.03. The van der Waals surface area contributed by atoms with E-state index in [1.807, 2.05) is 0 Å². The second-order valence-electron chi connectivity index (χ2n) is 3.42. The number of anilines is 1. The van der Waals surface area contributed by atoms with Gasteiger partial charge in [-0.2, -0.15) is 0 Å². The molecule has 0 spiro atoms. The van der Waals surface area contributed by atoms with Crippen LogP contribution in [-0.2, 0) is 14.3 Å². The predicted molar refractivity (Wildman–Crippen MR) is 67.9 cm³/mol. The zero-order valence-electron chi connectivity index (χ0n) is 10.3. The highest BCUT2D eigenvalue weighted by molar-refractivity contribution is 5.92. The highest BCUT2D eigenvalue weighted by Gasteiger charge is 2.07. The highest BCUT2D eigenvalue weighted by Crippen LogP contribution is 2.16. The van der Waals surface area contributed by atoms with Gasteiger partial charge in [-0.25, -0.2) is 9.59 Å². The Balaban J connectivity index is 2.94. The van der Waals surface area contributed by atoms with Crippen LogP contribution in [-0.4, -0.2) is 25.7 Å². The van der Waals surface area contributed by atoms with Gasteiger partial charge in [0.1, 0.15) is 0 Å². The van der Waals surface area contributed by atoms with E-state index in [1.165, 1.54) is 19.3 Å². The Kier molecular flexibility index (Phi) is 4.92. The van der Waals surface area contributed by atoms with Crippen molar-refractivity contribution < 1.29 is 19.1 Å². The molecular formula is C13H15NO4. The van der Waals surface area contributed by atoms with Crippen molar-refractivity contribution >= 4 is 23.7 Å². The molecule has 0 aromatic heterocycles. The van der Waals surface area contributed by atoms with Crippen molar-refractivity contribution in [1.82, 2.24) is 0 Å². The Labute approximate surface area is 105 Å². The van der Waals surface area contributed by atoms with Crippen LogP contribution in [0, 0.1) is 0 Å². The van der Waals surface area contributed by atoms with Crippen LogP contribution < -0.4 is 5.73 Å². The summed E-state index contributed by atoms with van der Waals surface area (Å²) in [5, 5.41) is 0. The van der Waals surface area contributed by atoms with Crippen LogP contribution in [0.4, 0.5) is 5.69 Å². The molecule has 5 nitrogen and oxygen atoms in total. The van der Waals surface area contributed by atoms with Crippen molar-refractivity contribution in [1.29, 1.82) is 0 Å². The number of nitrogens with two attached hydrogens (primary N) is 1. The number of ether oxygens (including phenoxy) is 2. The minimum atomic E-state index is -0.458. The molecule has 0 unspecified atom stereocenters. The van der Waals surface area contributed by atoms with Gasteiger partial charge in [0.25, 0.3) is 0 Å². The SMILES string of the molecule is CCOC(=O)C=Cc1cc(C(=O)OC)ccc1N. The summed E-state index contributed by atoms with van der Waals surface area (Å²) < 4.78 is 9.34. The van der Waals surface area contributed by atoms with Gasteiger partial charge in [-0.1, -0.05) is 0 Å². The Morgan fingerprint density at radius 1 is 1.39 bits per heavy atom. The lowest BCUT2D eigenvalue weighted by molar-refractivity contribution is -0.137. The number of rotatable bonds is 4. The summed E-state index contributed by atoms with van der Waals surface area (Å²) >= 11 is 0. The van der Waals surface area contributed by atoms with Crippen molar-refractivity contribution in [3.05, 3.63) is 35.4 Å². The third-order valence-corrected chi connectivity index (χ3v) is 2.19. The van der Waals surface area contributed by atoms with Crippen LogP contribution in [0.3, 0.4) is 0 Å². The van der Waals surface area contributed by atoms with Crippen LogP contribution in [0.2, 0.25) is 0 Å². The van der Waals surface area contributed by atoms with Crippen molar-refractivity contribution in [2.45, 2.75) is 6.92 Å². The first-order valence-corrected chi connectivity index (χ1v) is 5.41. The average molecular weight is 249 g/mol. The van der Waals surface area contributed by atoms with Crippen LogP contribution in [0.1, 0.15) is 22.8 Å². The molecule has 0 fully saturated rings. The van der Waals surface area contributed by atoms with E-state index in [-0.39, 0.29) is 0 Å². The van der Waals surface area contributed by atoms with Gasteiger partial charge in [0, 0.05) is 11.8 Å². The van der Waals surface area contributed by atoms with Gasteiger partial charge >= 0.3 is 11.9 Å². The van der Waals surface area contributed by atoms with Crippen LogP contribution in [0.5, 0.6) is 0 Å². The van der Waals surface area contributed by atoms with Crippen LogP contribution in [0.25, 0.3) is 6.08 Å². The summed E-state index contributed by atoms with van der Waals surface area (Å²) in [5.41, 5.74) is 7.13. The quantitative estimate of drug-likeness (QED) is 0.498. The summed E-state index contributed by atoms with van der Waals surface area (Å²) in [4.78, 5) is 22.5. The van der Waals surface area contributed by atoms with E-state index in [0.29, 0.717) is 23.4 Å². The van der Waals surface area contributed by atoms with Crippen molar-refractivity contribution in [2.75, 3.05) is 19.5 Å². The number of hydrogen-bond donors (Lipinski definition) is 1. The van der Waals surface area contributed by atoms with Gasteiger partial charge in [-0.05, 0) is 36.8 Å². The van der Waals surface area contributed by atoms with E-state index < -0.39 is 11.9 Å². The molecule has 0 heterocycles. The summed E-state index contributed by atoms with van der Waals surface area (Å²) in [7, 11) is 1.30. The van der Waals surface area contributed by atoms with E-state index in [1.54, 1.807) is 25.1 Å². The number of carbonyl (C=O) groups is 2. The van der Waals surface area contributed by atoms with Crippen molar-refractivity contribution in [3.8, 4) is 0 Å². The number of nitrogen functional groups attached to an aromatic ring is 1. The second kappa shape index (κ2) is 6.44. The smallest absolute Gasteiger partial charge is 0.337 e. The summed E-state index contributed by atoms with van der Waals surface area (Å²) in [6, 6.07) is 4.69. The van der Waals surface area contributed by atoms with Crippen LogP contribution in [0.15, 0.2) is 24.3 Å². The Hall–Kier alpha value is -2.30. The van der Waals surface area contributed by atoms with Crippen molar-refractivity contribution in [3.63, 3.8) is 0 Å². The molecule has 5 heteroatoms. The van der Waals surface area contributed by atoms with Crippen molar-refractivity contribution in [2.24, 2.45) is 0 Å². The minimum absolute atomic E-state index is 0.306. The average Bonchev–Trinajstić information content (AvgIpc) is 2.37. The first-order chi connectivity index (χ1) is 8.58. The number of methoxy groups -OCH3 is 1. The van der Waals surface area contributed by atoms with Gasteiger partial charge in [-0.15, -0.1) is 0 Å². The molecule has 0 aliphatic heterocycles. The number of carbonyl (C=O) groups excluding carboxylic acids is 2. The minimum Gasteiger partial charge on any atom is -0.465 e. The lowest BCUT2D eigenvalue weighted by Crippen LogP contribution is -2.03.